The second-order valence-electron chi connectivity index (χ2n) is 4.34. The first-order valence-corrected chi connectivity index (χ1v) is 7.42. The number of aliphatic hydroxyl groups excluding tert-OH is 1. The molecule has 2 N–H and O–H groups in total. The summed E-state index contributed by atoms with van der Waals surface area (Å²) < 4.78 is 22.5. The lowest BCUT2D eigenvalue weighted by atomic mass is 10.0. The molecule has 1 fully saturated rings. The van der Waals surface area contributed by atoms with Crippen LogP contribution < -0.4 is 5.32 Å². The van der Waals surface area contributed by atoms with Gasteiger partial charge in [-0.1, -0.05) is 26.7 Å². The maximum Gasteiger partial charge on any atom is 0.154 e. The Bertz CT molecular complexity index is 285. The van der Waals surface area contributed by atoms with E-state index in [2.05, 4.69) is 19.2 Å². The van der Waals surface area contributed by atoms with Gasteiger partial charge in [0.25, 0.3) is 0 Å². The molecule has 4 nitrogen and oxygen atoms in total. The van der Waals surface area contributed by atoms with Gasteiger partial charge in [-0.15, -0.1) is 0 Å². The maximum atomic E-state index is 11.2. The van der Waals surface area contributed by atoms with Crippen LogP contribution in [0.3, 0.4) is 0 Å². The van der Waals surface area contributed by atoms with Crippen LogP contribution in [0.15, 0.2) is 0 Å². The minimum Gasteiger partial charge on any atom is -0.390 e. The van der Waals surface area contributed by atoms with E-state index < -0.39 is 15.9 Å². The Morgan fingerprint density at radius 1 is 1.33 bits per heavy atom. The Morgan fingerprint density at radius 2 is 1.93 bits per heavy atom. The van der Waals surface area contributed by atoms with Crippen molar-refractivity contribution in [2.24, 2.45) is 5.92 Å². The van der Waals surface area contributed by atoms with Gasteiger partial charge in [-0.05, 0) is 12.5 Å². The summed E-state index contributed by atoms with van der Waals surface area (Å²) in [5.41, 5.74) is 0. The first-order valence-electron chi connectivity index (χ1n) is 5.60. The van der Waals surface area contributed by atoms with Crippen LogP contribution in [-0.4, -0.2) is 43.7 Å². The largest absolute Gasteiger partial charge is 0.390 e. The van der Waals surface area contributed by atoms with Gasteiger partial charge in [-0.2, -0.15) is 0 Å². The fourth-order valence-electron chi connectivity index (χ4n) is 1.92. The Hall–Kier alpha value is -0.130. The Labute approximate surface area is 92.0 Å². The first-order chi connectivity index (χ1) is 6.98. The fraction of sp³-hybridized carbons (Fsp3) is 1.00. The minimum absolute atomic E-state index is 0.0777. The van der Waals surface area contributed by atoms with Crippen LogP contribution in [0.5, 0.6) is 0 Å². The Balaban J connectivity index is 2.40. The van der Waals surface area contributed by atoms with Crippen molar-refractivity contribution in [1.82, 2.24) is 5.32 Å². The van der Waals surface area contributed by atoms with Crippen molar-refractivity contribution in [2.75, 3.05) is 18.1 Å². The number of hydrogen-bond donors (Lipinski definition) is 2. The molecule has 15 heavy (non-hydrogen) atoms. The van der Waals surface area contributed by atoms with E-state index >= 15 is 0 Å². The van der Waals surface area contributed by atoms with E-state index in [1.807, 2.05) is 0 Å². The van der Waals surface area contributed by atoms with E-state index in [0.29, 0.717) is 5.92 Å². The number of aliphatic hydroxyl groups is 1. The van der Waals surface area contributed by atoms with E-state index in [4.69, 9.17) is 0 Å². The van der Waals surface area contributed by atoms with Gasteiger partial charge in [0.15, 0.2) is 9.84 Å². The summed E-state index contributed by atoms with van der Waals surface area (Å²) >= 11 is 0. The molecule has 2 unspecified atom stereocenters. The molecule has 0 amide bonds. The van der Waals surface area contributed by atoms with Gasteiger partial charge in [0.1, 0.15) is 0 Å². The number of hydrogen-bond acceptors (Lipinski definition) is 4. The third-order valence-corrected chi connectivity index (χ3v) is 4.86. The van der Waals surface area contributed by atoms with E-state index in [-0.39, 0.29) is 17.5 Å². The molecule has 1 rings (SSSR count). The molecule has 1 aliphatic heterocycles. The third-order valence-electron chi connectivity index (χ3n) is 3.15. The predicted octanol–water partition coefficient (Wildman–Crippen LogP) is 0.170. The second-order valence-corrected chi connectivity index (χ2v) is 6.50. The van der Waals surface area contributed by atoms with Crippen molar-refractivity contribution < 1.29 is 13.5 Å². The van der Waals surface area contributed by atoms with Crippen LogP contribution >= 0.6 is 0 Å². The highest BCUT2D eigenvalue weighted by molar-refractivity contribution is 7.91. The van der Waals surface area contributed by atoms with Gasteiger partial charge in [-0.25, -0.2) is 8.42 Å². The summed E-state index contributed by atoms with van der Waals surface area (Å²) in [6, 6.07) is -0.268. The van der Waals surface area contributed by atoms with Gasteiger partial charge in [0.05, 0.1) is 17.6 Å². The Morgan fingerprint density at radius 3 is 2.33 bits per heavy atom. The molecule has 0 radical (unpaired) electrons. The standard InChI is InChI=1S/C10H21NO3S/c1-3-8(4-2)5-11-9-6-15(13,14)7-10(9)12/h8-12H,3-7H2,1-2H3. The van der Waals surface area contributed by atoms with Gasteiger partial charge < -0.3 is 10.4 Å². The summed E-state index contributed by atoms with van der Waals surface area (Å²) in [4.78, 5) is 0. The molecule has 2 atom stereocenters. The highest BCUT2D eigenvalue weighted by Crippen LogP contribution is 2.14. The van der Waals surface area contributed by atoms with Gasteiger partial charge in [0.2, 0.25) is 0 Å². The molecule has 1 saturated heterocycles. The lowest BCUT2D eigenvalue weighted by Crippen LogP contribution is -2.41. The first kappa shape index (κ1) is 12.9. The number of sulfone groups is 1. The number of rotatable bonds is 5. The van der Waals surface area contributed by atoms with Crippen molar-refractivity contribution in [3.05, 3.63) is 0 Å². The fourth-order valence-corrected chi connectivity index (χ4v) is 3.70. The molecular formula is C10H21NO3S. The van der Waals surface area contributed by atoms with Gasteiger partial charge >= 0.3 is 0 Å². The molecule has 0 aromatic rings. The molecule has 5 heteroatoms. The van der Waals surface area contributed by atoms with Crippen LogP contribution in [0.1, 0.15) is 26.7 Å². The lowest BCUT2D eigenvalue weighted by molar-refractivity contribution is 0.162. The van der Waals surface area contributed by atoms with Crippen LogP contribution in [0.4, 0.5) is 0 Å². The van der Waals surface area contributed by atoms with Crippen molar-refractivity contribution in [3.8, 4) is 0 Å². The van der Waals surface area contributed by atoms with E-state index in [1.165, 1.54) is 0 Å². The quantitative estimate of drug-likeness (QED) is 0.713. The smallest absolute Gasteiger partial charge is 0.154 e. The SMILES string of the molecule is CCC(CC)CNC1CS(=O)(=O)CC1O. The summed E-state index contributed by atoms with van der Waals surface area (Å²) in [6.45, 7) is 5.04. The monoisotopic (exact) mass is 235 g/mol. The van der Waals surface area contributed by atoms with Crippen molar-refractivity contribution in [1.29, 1.82) is 0 Å². The zero-order chi connectivity index (χ0) is 11.5. The third kappa shape index (κ3) is 3.74. The van der Waals surface area contributed by atoms with Gasteiger partial charge in [0, 0.05) is 6.04 Å². The zero-order valence-electron chi connectivity index (χ0n) is 9.44. The van der Waals surface area contributed by atoms with Crippen LogP contribution in [-0.2, 0) is 9.84 Å². The molecular weight excluding hydrogens is 214 g/mol. The van der Waals surface area contributed by atoms with E-state index in [1.54, 1.807) is 0 Å². The molecule has 0 aromatic carbocycles. The minimum atomic E-state index is -3.02. The normalized spacial score (nSPS) is 29.9. The van der Waals surface area contributed by atoms with Crippen molar-refractivity contribution in [2.45, 2.75) is 38.8 Å². The van der Waals surface area contributed by atoms with Crippen LogP contribution in [0.2, 0.25) is 0 Å². The molecule has 1 aliphatic rings. The topological polar surface area (TPSA) is 66.4 Å². The van der Waals surface area contributed by atoms with Crippen LogP contribution in [0.25, 0.3) is 0 Å². The number of nitrogens with one attached hydrogen (secondary N) is 1. The van der Waals surface area contributed by atoms with E-state index in [0.717, 1.165) is 19.4 Å². The van der Waals surface area contributed by atoms with E-state index in [9.17, 15) is 13.5 Å². The maximum absolute atomic E-state index is 11.2. The highest BCUT2D eigenvalue weighted by Gasteiger charge is 2.36. The zero-order valence-corrected chi connectivity index (χ0v) is 10.3. The van der Waals surface area contributed by atoms with Crippen LogP contribution in [0, 0.1) is 5.92 Å². The summed E-state index contributed by atoms with van der Waals surface area (Å²) in [6.07, 6.45) is 1.43. The second kappa shape index (κ2) is 5.27. The molecule has 0 spiro atoms. The Kier molecular flexibility index (Phi) is 4.55. The molecule has 90 valence electrons. The molecule has 0 saturated carbocycles. The summed E-state index contributed by atoms with van der Waals surface area (Å²) in [5.74, 6) is 0.558. The van der Waals surface area contributed by atoms with Crippen molar-refractivity contribution in [3.63, 3.8) is 0 Å². The molecule has 1 heterocycles. The average molecular weight is 235 g/mol. The molecule has 0 aromatic heterocycles. The van der Waals surface area contributed by atoms with Gasteiger partial charge in [-0.3, -0.25) is 0 Å². The summed E-state index contributed by atoms with van der Waals surface area (Å²) in [5, 5.41) is 12.7. The highest BCUT2D eigenvalue weighted by atomic mass is 32.2. The lowest BCUT2D eigenvalue weighted by Gasteiger charge is -2.19. The molecule has 0 bridgehead atoms. The summed E-state index contributed by atoms with van der Waals surface area (Å²) in [7, 11) is -3.02. The predicted molar refractivity (Wildman–Crippen MR) is 60.5 cm³/mol. The van der Waals surface area contributed by atoms with Crippen molar-refractivity contribution >= 4 is 9.84 Å². The molecule has 0 aliphatic carbocycles. The average Bonchev–Trinajstić information content (AvgIpc) is 2.41.